The lowest BCUT2D eigenvalue weighted by atomic mass is 10.1. The molecule has 114 valence electrons. The number of amides is 1. The normalized spacial score (nSPS) is 10.3. The van der Waals surface area contributed by atoms with Gasteiger partial charge >= 0.3 is 0 Å². The molecule has 0 fully saturated rings. The Morgan fingerprint density at radius 2 is 1.91 bits per heavy atom. The van der Waals surface area contributed by atoms with Gasteiger partial charge in [0.05, 0.1) is 4.92 Å². The quantitative estimate of drug-likeness (QED) is 0.672. The van der Waals surface area contributed by atoms with E-state index in [0.29, 0.717) is 16.8 Å². The molecule has 0 radical (unpaired) electrons. The Balaban J connectivity index is 2.24. The molecule has 0 bridgehead atoms. The zero-order valence-electron chi connectivity index (χ0n) is 12.2. The lowest BCUT2D eigenvalue weighted by Crippen LogP contribution is -2.13. The van der Waals surface area contributed by atoms with Gasteiger partial charge in [-0.3, -0.25) is 14.9 Å². The van der Waals surface area contributed by atoms with E-state index in [1.165, 1.54) is 12.1 Å². The van der Waals surface area contributed by atoms with E-state index in [-0.39, 0.29) is 16.6 Å². The monoisotopic (exact) mass is 318 g/mol. The van der Waals surface area contributed by atoms with E-state index in [1.54, 1.807) is 19.1 Å². The summed E-state index contributed by atoms with van der Waals surface area (Å²) in [6, 6.07) is 10.0. The van der Waals surface area contributed by atoms with E-state index in [4.69, 9.17) is 11.6 Å². The van der Waals surface area contributed by atoms with Crippen molar-refractivity contribution >= 4 is 28.9 Å². The Morgan fingerprint density at radius 3 is 2.45 bits per heavy atom. The Bertz CT molecular complexity index is 727. The van der Waals surface area contributed by atoms with Crippen molar-refractivity contribution in [1.29, 1.82) is 0 Å². The molecule has 22 heavy (non-hydrogen) atoms. The van der Waals surface area contributed by atoms with Gasteiger partial charge in [-0.15, -0.1) is 0 Å². The van der Waals surface area contributed by atoms with Gasteiger partial charge in [-0.25, -0.2) is 0 Å². The van der Waals surface area contributed by atoms with Gasteiger partial charge in [-0.05, 0) is 42.7 Å². The predicted molar refractivity (Wildman–Crippen MR) is 86.6 cm³/mol. The highest BCUT2D eigenvalue weighted by Gasteiger charge is 2.16. The van der Waals surface area contributed by atoms with Crippen molar-refractivity contribution in [3.8, 4) is 0 Å². The molecular weight excluding hydrogens is 304 g/mol. The summed E-state index contributed by atoms with van der Waals surface area (Å²) in [6.45, 7) is 3.72. The van der Waals surface area contributed by atoms with Gasteiger partial charge < -0.3 is 5.32 Å². The molecular formula is C16H15ClN2O3. The third kappa shape index (κ3) is 3.43. The number of carbonyl (C=O) groups excluding carboxylic acids is 1. The van der Waals surface area contributed by atoms with E-state index >= 15 is 0 Å². The highest BCUT2D eigenvalue weighted by atomic mass is 35.5. The molecule has 0 atom stereocenters. The number of anilines is 1. The number of hydrogen-bond acceptors (Lipinski definition) is 3. The van der Waals surface area contributed by atoms with Crippen molar-refractivity contribution in [3.63, 3.8) is 0 Å². The lowest BCUT2D eigenvalue weighted by Gasteiger charge is -2.09. The second kappa shape index (κ2) is 6.58. The first kappa shape index (κ1) is 16.0. The SMILES string of the molecule is CCc1ccc(C(=O)Nc2cc(Cl)c([N+](=O)[O-])cc2C)cc1. The average molecular weight is 319 g/mol. The molecule has 0 aliphatic rings. The van der Waals surface area contributed by atoms with Gasteiger partial charge in [0.25, 0.3) is 11.6 Å². The minimum atomic E-state index is -0.551. The van der Waals surface area contributed by atoms with E-state index < -0.39 is 4.92 Å². The van der Waals surface area contributed by atoms with E-state index in [9.17, 15) is 14.9 Å². The molecule has 6 heteroatoms. The van der Waals surface area contributed by atoms with Gasteiger partial charge in [0.15, 0.2) is 0 Å². The van der Waals surface area contributed by atoms with Crippen molar-refractivity contribution in [2.45, 2.75) is 20.3 Å². The maximum Gasteiger partial charge on any atom is 0.288 e. The van der Waals surface area contributed by atoms with Crippen LogP contribution in [0.2, 0.25) is 5.02 Å². The largest absolute Gasteiger partial charge is 0.322 e. The van der Waals surface area contributed by atoms with Crippen molar-refractivity contribution in [1.82, 2.24) is 0 Å². The second-order valence-electron chi connectivity index (χ2n) is 4.88. The molecule has 2 aromatic carbocycles. The maximum atomic E-state index is 12.2. The van der Waals surface area contributed by atoms with Crippen LogP contribution in [-0.2, 0) is 6.42 Å². The second-order valence-corrected chi connectivity index (χ2v) is 5.29. The fourth-order valence-corrected chi connectivity index (χ4v) is 2.26. The van der Waals surface area contributed by atoms with Crippen LogP contribution in [0.25, 0.3) is 0 Å². The number of rotatable bonds is 4. The Morgan fingerprint density at radius 1 is 1.27 bits per heavy atom. The summed E-state index contributed by atoms with van der Waals surface area (Å²) < 4.78 is 0. The van der Waals surface area contributed by atoms with Crippen LogP contribution in [0.1, 0.15) is 28.4 Å². The summed E-state index contributed by atoms with van der Waals surface area (Å²) in [7, 11) is 0. The van der Waals surface area contributed by atoms with Crippen LogP contribution < -0.4 is 5.32 Å². The fourth-order valence-electron chi connectivity index (χ4n) is 2.03. The van der Waals surface area contributed by atoms with Crippen LogP contribution in [0, 0.1) is 17.0 Å². The van der Waals surface area contributed by atoms with Crippen LogP contribution in [0.5, 0.6) is 0 Å². The van der Waals surface area contributed by atoms with E-state index in [0.717, 1.165) is 12.0 Å². The highest BCUT2D eigenvalue weighted by molar-refractivity contribution is 6.33. The molecule has 0 aliphatic heterocycles. The van der Waals surface area contributed by atoms with Crippen molar-refractivity contribution in [3.05, 3.63) is 68.2 Å². The van der Waals surface area contributed by atoms with Crippen molar-refractivity contribution < 1.29 is 9.72 Å². The fraction of sp³-hybridized carbons (Fsp3) is 0.188. The lowest BCUT2D eigenvalue weighted by molar-refractivity contribution is -0.384. The van der Waals surface area contributed by atoms with Gasteiger partial charge in [-0.1, -0.05) is 30.7 Å². The number of halogens is 1. The molecule has 0 unspecified atom stereocenters. The third-order valence-electron chi connectivity index (χ3n) is 3.36. The van der Waals surface area contributed by atoms with Crippen LogP contribution in [0.3, 0.4) is 0 Å². The van der Waals surface area contributed by atoms with Gasteiger partial charge in [0.1, 0.15) is 5.02 Å². The summed E-state index contributed by atoms with van der Waals surface area (Å²) in [5.41, 5.74) is 2.52. The van der Waals surface area contributed by atoms with E-state index in [1.807, 2.05) is 19.1 Å². The Kier molecular flexibility index (Phi) is 4.78. The molecule has 2 aromatic rings. The topological polar surface area (TPSA) is 72.2 Å². The number of nitrogens with one attached hydrogen (secondary N) is 1. The Hall–Kier alpha value is -2.40. The van der Waals surface area contributed by atoms with E-state index in [2.05, 4.69) is 5.32 Å². The third-order valence-corrected chi connectivity index (χ3v) is 3.67. The summed E-state index contributed by atoms with van der Waals surface area (Å²) in [6.07, 6.45) is 0.902. The van der Waals surface area contributed by atoms with Crippen molar-refractivity contribution in [2.75, 3.05) is 5.32 Å². The zero-order chi connectivity index (χ0) is 16.3. The van der Waals surface area contributed by atoms with Crippen LogP contribution in [0.4, 0.5) is 11.4 Å². The summed E-state index contributed by atoms with van der Waals surface area (Å²) in [5, 5.41) is 13.5. The number of carbonyl (C=O) groups is 1. The molecule has 0 saturated carbocycles. The summed E-state index contributed by atoms with van der Waals surface area (Å²) >= 11 is 5.87. The highest BCUT2D eigenvalue weighted by Crippen LogP contribution is 2.30. The molecule has 0 aliphatic carbocycles. The first-order chi connectivity index (χ1) is 10.4. The first-order valence-electron chi connectivity index (χ1n) is 6.77. The van der Waals surface area contributed by atoms with Crippen LogP contribution in [0.15, 0.2) is 36.4 Å². The average Bonchev–Trinajstić information content (AvgIpc) is 2.50. The number of aryl methyl sites for hydroxylation is 2. The van der Waals surface area contributed by atoms with Crippen LogP contribution >= 0.6 is 11.6 Å². The molecule has 1 amide bonds. The molecule has 0 spiro atoms. The number of nitrogens with zero attached hydrogens (tertiary/aromatic N) is 1. The van der Waals surface area contributed by atoms with Crippen LogP contribution in [-0.4, -0.2) is 10.8 Å². The molecule has 5 nitrogen and oxygen atoms in total. The van der Waals surface area contributed by atoms with Gasteiger partial charge in [0.2, 0.25) is 0 Å². The molecule has 0 saturated heterocycles. The predicted octanol–water partition coefficient (Wildman–Crippen LogP) is 4.37. The summed E-state index contributed by atoms with van der Waals surface area (Å²) in [4.78, 5) is 22.5. The van der Waals surface area contributed by atoms with Crippen molar-refractivity contribution in [2.24, 2.45) is 0 Å². The molecule has 2 rings (SSSR count). The molecule has 1 N–H and O–H groups in total. The molecule has 0 heterocycles. The maximum absolute atomic E-state index is 12.2. The number of nitro benzene ring substituents is 1. The summed E-state index contributed by atoms with van der Waals surface area (Å²) in [5.74, 6) is -0.282. The number of benzene rings is 2. The van der Waals surface area contributed by atoms with Gasteiger partial charge in [-0.2, -0.15) is 0 Å². The standard InChI is InChI=1S/C16H15ClN2O3/c1-3-11-4-6-12(7-5-11)16(20)18-14-9-13(17)15(19(21)22)8-10(14)2/h4-9H,3H2,1-2H3,(H,18,20). The zero-order valence-corrected chi connectivity index (χ0v) is 13.0. The number of hydrogen-bond donors (Lipinski definition) is 1. The first-order valence-corrected chi connectivity index (χ1v) is 7.15. The van der Waals surface area contributed by atoms with Gasteiger partial charge in [0, 0.05) is 17.3 Å². The molecule has 0 aromatic heterocycles. The number of nitro groups is 1. The minimum absolute atomic E-state index is 0.00719. The minimum Gasteiger partial charge on any atom is -0.322 e. The smallest absolute Gasteiger partial charge is 0.288 e. The Labute approximate surface area is 133 Å².